The van der Waals surface area contributed by atoms with Gasteiger partial charge >= 0.3 is 0 Å². The summed E-state index contributed by atoms with van der Waals surface area (Å²) in [6, 6.07) is 4.73. The van der Waals surface area contributed by atoms with Crippen LogP contribution in [0.2, 0.25) is 0 Å². The lowest BCUT2D eigenvalue weighted by Crippen LogP contribution is -2.33. The van der Waals surface area contributed by atoms with Crippen molar-refractivity contribution in [2.45, 2.75) is 58.1 Å². The van der Waals surface area contributed by atoms with E-state index >= 15 is 0 Å². The third-order valence-corrected chi connectivity index (χ3v) is 5.20. The van der Waals surface area contributed by atoms with Crippen molar-refractivity contribution in [2.24, 2.45) is 5.92 Å². The van der Waals surface area contributed by atoms with Gasteiger partial charge in [0.15, 0.2) is 0 Å². The zero-order valence-electron chi connectivity index (χ0n) is 12.7. The number of aryl methyl sites for hydroxylation is 1. The van der Waals surface area contributed by atoms with E-state index in [1.54, 1.807) is 12.1 Å². The Balaban J connectivity index is 2.88. The van der Waals surface area contributed by atoms with E-state index in [0.717, 1.165) is 18.4 Å². The lowest BCUT2D eigenvalue weighted by molar-refractivity contribution is 0.280. The lowest BCUT2D eigenvalue weighted by atomic mass is 10.0. The molecule has 0 aliphatic rings. The number of hydrogen-bond acceptors (Lipinski definition) is 3. The summed E-state index contributed by atoms with van der Waals surface area (Å²) in [6.45, 7) is 7.78. The van der Waals surface area contributed by atoms with Crippen LogP contribution in [0.1, 0.15) is 44.7 Å². The number of rotatable bonds is 7. The third kappa shape index (κ3) is 4.58. The van der Waals surface area contributed by atoms with Crippen LogP contribution in [-0.4, -0.2) is 19.6 Å². The maximum atomic E-state index is 12.3. The fourth-order valence-corrected chi connectivity index (χ4v) is 3.44. The second-order valence-electron chi connectivity index (χ2n) is 5.52. The molecule has 4 nitrogen and oxygen atoms in total. The molecule has 0 radical (unpaired) electrons. The molecule has 0 spiro atoms. The minimum atomic E-state index is -3.52. The van der Waals surface area contributed by atoms with E-state index in [2.05, 4.69) is 18.6 Å². The van der Waals surface area contributed by atoms with Gasteiger partial charge in [0.25, 0.3) is 0 Å². The molecule has 0 heterocycles. The number of aliphatic hydroxyl groups is 1. The maximum absolute atomic E-state index is 12.3. The summed E-state index contributed by atoms with van der Waals surface area (Å²) in [5, 5.41) is 9.23. The molecular formula is C15H25NO3S. The highest BCUT2D eigenvalue weighted by Crippen LogP contribution is 2.17. The lowest BCUT2D eigenvalue weighted by Gasteiger charge is -2.18. The first kappa shape index (κ1) is 17.1. The predicted octanol–water partition coefficient (Wildman–Crippen LogP) is 2.59. The Morgan fingerprint density at radius 2 is 1.95 bits per heavy atom. The summed E-state index contributed by atoms with van der Waals surface area (Å²) in [6.07, 6.45) is 1.85. The van der Waals surface area contributed by atoms with Gasteiger partial charge in [-0.1, -0.05) is 26.3 Å². The number of hydrogen-bond donors (Lipinski definition) is 2. The van der Waals surface area contributed by atoms with Crippen molar-refractivity contribution < 1.29 is 13.5 Å². The highest BCUT2D eigenvalue weighted by atomic mass is 32.2. The van der Waals surface area contributed by atoms with Crippen LogP contribution < -0.4 is 4.72 Å². The molecule has 1 rings (SSSR count). The summed E-state index contributed by atoms with van der Waals surface area (Å²) >= 11 is 0. The van der Waals surface area contributed by atoms with Gasteiger partial charge in [-0.2, -0.15) is 0 Å². The quantitative estimate of drug-likeness (QED) is 0.813. The second-order valence-corrected chi connectivity index (χ2v) is 7.23. The molecule has 114 valence electrons. The standard InChI is InChI=1S/C15H25NO3S/c1-5-11(2)8-13(4)16-20(18,19)15-7-6-12(3)14(9-15)10-17/h6-7,9,11,13,16-17H,5,8,10H2,1-4H3. The van der Waals surface area contributed by atoms with Gasteiger partial charge in [-0.15, -0.1) is 0 Å². The molecule has 5 heteroatoms. The van der Waals surface area contributed by atoms with Crippen LogP contribution in [0.3, 0.4) is 0 Å². The van der Waals surface area contributed by atoms with E-state index in [9.17, 15) is 13.5 Å². The van der Waals surface area contributed by atoms with Crippen molar-refractivity contribution in [2.75, 3.05) is 0 Å². The van der Waals surface area contributed by atoms with Crippen LogP contribution in [0.5, 0.6) is 0 Å². The van der Waals surface area contributed by atoms with Gasteiger partial charge in [0.05, 0.1) is 11.5 Å². The molecule has 2 unspecified atom stereocenters. The van der Waals surface area contributed by atoms with Crippen molar-refractivity contribution in [3.05, 3.63) is 29.3 Å². The Morgan fingerprint density at radius 1 is 1.30 bits per heavy atom. The molecule has 0 saturated heterocycles. The van der Waals surface area contributed by atoms with Gasteiger partial charge in [0, 0.05) is 6.04 Å². The topological polar surface area (TPSA) is 66.4 Å². The number of sulfonamides is 1. The minimum absolute atomic E-state index is 0.103. The maximum Gasteiger partial charge on any atom is 0.240 e. The van der Waals surface area contributed by atoms with Gasteiger partial charge < -0.3 is 5.11 Å². The molecular weight excluding hydrogens is 274 g/mol. The summed E-state index contributed by atoms with van der Waals surface area (Å²) in [4.78, 5) is 0.211. The molecule has 1 aromatic carbocycles. The summed E-state index contributed by atoms with van der Waals surface area (Å²) < 4.78 is 27.3. The fraction of sp³-hybridized carbons (Fsp3) is 0.600. The van der Waals surface area contributed by atoms with E-state index in [-0.39, 0.29) is 17.5 Å². The molecule has 20 heavy (non-hydrogen) atoms. The zero-order valence-corrected chi connectivity index (χ0v) is 13.5. The Bertz CT molecular complexity index is 540. The largest absolute Gasteiger partial charge is 0.392 e. The van der Waals surface area contributed by atoms with Crippen LogP contribution in [0.25, 0.3) is 0 Å². The van der Waals surface area contributed by atoms with E-state index in [0.29, 0.717) is 11.5 Å². The van der Waals surface area contributed by atoms with Crippen LogP contribution >= 0.6 is 0 Å². The summed E-state index contributed by atoms with van der Waals surface area (Å²) in [5.41, 5.74) is 1.53. The highest BCUT2D eigenvalue weighted by Gasteiger charge is 2.19. The molecule has 0 saturated carbocycles. The third-order valence-electron chi connectivity index (χ3n) is 3.61. The van der Waals surface area contributed by atoms with E-state index in [1.165, 1.54) is 6.07 Å². The van der Waals surface area contributed by atoms with Crippen LogP contribution in [0, 0.1) is 12.8 Å². The van der Waals surface area contributed by atoms with E-state index < -0.39 is 10.0 Å². The van der Waals surface area contributed by atoms with Crippen molar-refractivity contribution in [1.29, 1.82) is 0 Å². The molecule has 0 aromatic heterocycles. The van der Waals surface area contributed by atoms with Crippen LogP contribution in [-0.2, 0) is 16.6 Å². The Hall–Kier alpha value is -0.910. The van der Waals surface area contributed by atoms with E-state index in [4.69, 9.17) is 0 Å². The molecule has 0 bridgehead atoms. The average Bonchev–Trinajstić information content (AvgIpc) is 2.37. The van der Waals surface area contributed by atoms with Crippen LogP contribution in [0.15, 0.2) is 23.1 Å². The molecule has 2 atom stereocenters. The normalized spacial score (nSPS) is 15.1. The van der Waals surface area contributed by atoms with Gasteiger partial charge in [-0.05, 0) is 49.4 Å². The number of nitrogens with one attached hydrogen (secondary N) is 1. The van der Waals surface area contributed by atoms with Crippen molar-refractivity contribution in [1.82, 2.24) is 4.72 Å². The predicted molar refractivity (Wildman–Crippen MR) is 81.0 cm³/mol. The van der Waals surface area contributed by atoms with Gasteiger partial charge in [-0.3, -0.25) is 0 Å². The minimum Gasteiger partial charge on any atom is -0.392 e. The Morgan fingerprint density at radius 3 is 2.50 bits per heavy atom. The monoisotopic (exact) mass is 299 g/mol. The molecule has 0 amide bonds. The zero-order chi connectivity index (χ0) is 15.3. The molecule has 0 aliphatic carbocycles. The molecule has 2 N–H and O–H groups in total. The van der Waals surface area contributed by atoms with Gasteiger partial charge in [-0.25, -0.2) is 13.1 Å². The SMILES string of the molecule is CCC(C)CC(C)NS(=O)(=O)c1ccc(C)c(CO)c1. The molecule has 0 aliphatic heterocycles. The first-order valence-electron chi connectivity index (χ1n) is 7.02. The molecule has 0 fully saturated rings. The second kappa shape index (κ2) is 7.20. The Kier molecular flexibility index (Phi) is 6.17. The van der Waals surface area contributed by atoms with E-state index in [1.807, 2.05) is 13.8 Å². The first-order valence-corrected chi connectivity index (χ1v) is 8.51. The summed E-state index contributed by atoms with van der Waals surface area (Å²) in [7, 11) is -3.52. The smallest absolute Gasteiger partial charge is 0.240 e. The highest BCUT2D eigenvalue weighted by molar-refractivity contribution is 7.89. The number of aliphatic hydroxyl groups excluding tert-OH is 1. The van der Waals surface area contributed by atoms with Crippen molar-refractivity contribution in [3.8, 4) is 0 Å². The first-order chi connectivity index (χ1) is 9.30. The van der Waals surface area contributed by atoms with Gasteiger partial charge in [0.2, 0.25) is 10.0 Å². The van der Waals surface area contributed by atoms with Crippen LogP contribution in [0.4, 0.5) is 0 Å². The summed E-state index contributed by atoms with van der Waals surface area (Å²) in [5.74, 6) is 0.485. The van der Waals surface area contributed by atoms with Crippen molar-refractivity contribution in [3.63, 3.8) is 0 Å². The number of benzene rings is 1. The fourth-order valence-electron chi connectivity index (χ4n) is 2.14. The average molecular weight is 299 g/mol. The molecule has 1 aromatic rings. The van der Waals surface area contributed by atoms with Gasteiger partial charge in [0.1, 0.15) is 0 Å². The van der Waals surface area contributed by atoms with Crippen molar-refractivity contribution >= 4 is 10.0 Å². The Labute approximate surface area is 122 Å².